The maximum atomic E-state index is 13.8. The quantitative estimate of drug-likeness (QED) is 0.693. The van der Waals surface area contributed by atoms with Crippen LogP contribution in [0, 0.1) is 5.82 Å². The molecule has 1 fully saturated rings. The number of hydrogen-bond donors (Lipinski definition) is 2. The number of nitrogens with one attached hydrogen (secondary N) is 2. The average molecular weight is 393 g/mol. The van der Waals surface area contributed by atoms with Crippen LogP contribution < -0.4 is 10.6 Å². The Hall–Kier alpha value is -3.35. The molecule has 0 spiro atoms. The molecule has 7 heteroatoms. The zero-order chi connectivity index (χ0) is 20.1. The fourth-order valence-corrected chi connectivity index (χ4v) is 3.49. The third-order valence-electron chi connectivity index (χ3n) is 5.12. The van der Waals surface area contributed by atoms with E-state index in [1.165, 1.54) is 6.07 Å². The minimum Gasteiger partial charge on any atom is -0.380 e. The molecule has 0 atom stereocenters. The molecule has 0 unspecified atom stereocenters. The maximum Gasteiger partial charge on any atom is 0.317 e. The van der Waals surface area contributed by atoms with Crippen molar-refractivity contribution in [2.24, 2.45) is 0 Å². The highest BCUT2D eigenvalue weighted by Crippen LogP contribution is 2.19. The van der Waals surface area contributed by atoms with Gasteiger partial charge in [-0.3, -0.25) is 0 Å². The molecule has 2 N–H and O–H groups in total. The number of amides is 2. The lowest BCUT2D eigenvalue weighted by Gasteiger charge is -2.33. The van der Waals surface area contributed by atoms with Crippen LogP contribution in [0.25, 0.3) is 5.69 Å². The molecule has 2 aromatic carbocycles. The van der Waals surface area contributed by atoms with Crippen LogP contribution in [0.2, 0.25) is 0 Å². The number of piperidine rings is 1. The van der Waals surface area contributed by atoms with Gasteiger partial charge in [0.2, 0.25) is 0 Å². The number of benzene rings is 2. The predicted octanol–water partition coefficient (Wildman–Crippen LogP) is 3.80. The number of carbonyl (C=O) groups is 1. The van der Waals surface area contributed by atoms with Gasteiger partial charge in [-0.15, -0.1) is 0 Å². The molecule has 1 aliphatic rings. The van der Waals surface area contributed by atoms with Gasteiger partial charge in [-0.2, -0.15) is 5.10 Å². The van der Waals surface area contributed by atoms with Crippen LogP contribution >= 0.6 is 0 Å². The molecule has 29 heavy (non-hydrogen) atoms. The third kappa shape index (κ3) is 4.74. The molecule has 1 aliphatic heterocycles. The molecule has 1 saturated heterocycles. The second kappa shape index (κ2) is 8.77. The van der Waals surface area contributed by atoms with Gasteiger partial charge in [0.25, 0.3) is 0 Å². The summed E-state index contributed by atoms with van der Waals surface area (Å²) in [5.74, 6) is -0.247. The van der Waals surface area contributed by atoms with Gasteiger partial charge in [-0.05, 0) is 37.1 Å². The summed E-state index contributed by atoms with van der Waals surface area (Å²) >= 11 is 0. The number of halogens is 1. The highest BCUT2D eigenvalue weighted by Gasteiger charge is 2.23. The summed E-state index contributed by atoms with van der Waals surface area (Å²) < 4.78 is 15.6. The second-order valence-electron chi connectivity index (χ2n) is 7.17. The molecule has 1 aromatic heterocycles. The Labute approximate surface area is 169 Å². The maximum absolute atomic E-state index is 13.8. The first kappa shape index (κ1) is 19.0. The first-order valence-corrected chi connectivity index (χ1v) is 9.82. The van der Waals surface area contributed by atoms with E-state index >= 15 is 0 Å². The van der Waals surface area contributed by atoms with Crippen molar-refractivity contribution in [1.29, 1.82) is 0 Å². The molecule has 4 rings (SSSR count). The smallest absolute Gasteiger partial charge is 0.317 e. The Balaban J connectivity index is 1.24. The number of anilines is 1. The Morgan fingerprint density at radius 1 is 1.07 bits per heavy atom. The average Bonchev–Trinajstić information content (AvgIpc) is 3.24. The number of nitrogens with zero attached hydrogens (tertiary/aromatic N) is 3. The molecule has 2 heterocycles. The van der Waals surface area contributed by atoms with Crippen LogP contribution in [-0.4, -0.2) is 39.8 Å². The summed E-state index contributed by atoms with van der Waals surface area (Å²) in [6.07, 6.45) is 5.25. The molecule has 0 saturated carbocycles. The Bertz CT molecular complexity index is 951. The van der Waals surface area contributed by atoms with Crippen LogP contribution in [0.1, 0.15) is 18.4 Å². The molecule has 0 bridgehead atoms. The summed E-state index contributed by atoms with van der Waals surface area (Å²) in [5.41, 5.74) is 2.44. The van der Waals surface area contributed by atoms with Crippen LogP contribution in [0.3, 0.4) is 0 Å². The van der Waals surface area contributed by atoms with Gasteiger partial charge < -0.3 is 15.5 Å². The molecule has 0 radical (unpaired) electrons. The molecule has 0 aliphatic carbocycles. The molecule has 6 nitrogen and oxygen atoms in total. The Morgan fingerprint density at radius 3 is 2.55 bits per heavy atom. The normalized spacial score (nSPS) is 14.6. The van der Waals surface area contributed by atoms with Crippen LogP contribution in [0.4, 0.5) is 14.9 Å². The van der Waals surface area contributed by atoms with E-state index in [-0.39, 0.29) is 17.9 Å². The zero-order valence-electron chi connectivity index (χ0n) is 16.1. The van der Waals surface area contributed by atoms with Crippen molar-refractivity contribution in [3.63, 3.8) is 0 Å². The number of urea groups is 1. The van der Waals surface area contributed by atoms with E-state index in [1.807, 2.05) is 42.6 Å². The number of carbonyl (C=O) groups excluding carboxylic acids is 1. The van der Waals surface area contributed by atoms with E-state index in [2.05, 4.69) is 15.7 Å². The van der Waals surface area contributed by atoms with Crippen molar-refractivity contribution in [2.45, 2.75) is 25.4 Å². The number of para-hydroxylation sites is 2. The van der Waals surface area contributed by atoms with Crippen molar-refractivity contribution >= 4 is 11.7 Å². The molecule has 150 valence electrons. The van der Waals surface area contributed by atoms with E-state index in [4.69, 9.17) is 0 Å². The molecular formula is C22H24FN5O. The van der Waals surface area contributed by atoms with Crippen molar-refractivity contribution in [1.82, 2.24) is 20.0 Å². The van der Waals surface area contributed by atoms with Crippen LogP contribution in [0.15, 0.2) is 67.0 Å². The number of likely N-dealkylation sites (tertiary alicyclic amines) is 1. The van der Waals surface area contributed by atoms with Gasteiger partial charge >= 0.3 is 6.03 Å². The summed E-state index contributed by atoms with van der Waals surface area (Å²) in [5, 5.41) is 10.5. The first-order valence-electron chi connectivity index (χ1n) is 9.82. The lowest BCUT2D eigenvalue weighted by molar-refractivity contribution is 0.183. The Morgan fingerprint density at radius 2 is 1.79 bits per heavy atom. The van der Waals surface area contributed by atoms with E-state index in [0.29, 0.717) is 25.3 Å². The SMILES string of the molecule is O=C(NCc1cnn(-c2ccccc2)c1)N1CCC(Nc2ccccc2F)CC1. The zero-order valence-corrected chi connectivity index (χ0v) is 16.1. The topological polar surface area (TPSA) is 62.2 Å². The van der Waals surface area contributed by atoms with Crippen molar-refractivity contribution in [3.8, 4) is 5.69 Å². The number of hydrogen-bond acceptors (Lipinski definition) is 3. The molecule has 2 amide bonds. The first-order chi connectivity index (χ1) is 14.2. The van der Waals surface area contributed by atoms with Crippen LogP contribution in [-0.2, 0) is 6.54 Å². The molecule has 3 aromatic rings. The number of rotatable bonds is 5. The Kier molecular flexibility index (Phi) is 5.74. The number of aromatic nitrogens is 2. The second-order valence-corrected chi connectivity index (χ2v) is 7.17. The van der Waals surface area contributed by atoms with Gasteiger partial charge in [0.05, 0.1) is 17.6 Å². The van der Waals surface area contributed by atoms with Crippen LogP contribution in [0.5, 0.6) is 0 Å². The monoisotopic (exact) mass is 393 g/mol. The van der Waals surface area contributed by atoms with Gasteiger partial charge in [0.1, 0.15) is 5.82 Å². The van der Waals surface area contributed by atoms with E-state index in [1.54, 1.807) is 27.9 Å². The van der Waals surface area contributed by atoms with E-state index in [0.717, 1.165) is 24.1 Å². The summed E-state index contributed by atoms with van der Waals surface area (Å²) in [6.45, 7) is 1.71. The fourth-order valence-electron chi connectivity index (χ4n) is 3.49. The predicted molar refractivity (Wildman–Crippen MR) is 110 cm³/mol. The lowest BCUT2D eigenvalue weighted by atomic mass is 10.0. The highest BCUT2D eigenvalue weighted by molar-refractivity contribution is 5.74. The minimum absolute atomic E-state index is 0.0817. The van der Waals surface area contributed by atoms with Crippen molar-refractivity contribution in [2.75, 3.05) is 18.4 Å². The van der Waals surface area contributed by atoms with Crippen molar-refractivity contribution in [3.05, 3.63) is 78.4 Å². The highest BCUT2D eigenvalue weighted by atomic mass is 19.1. The van der Waals surface area contributed by atoms with E-state index < -0.39 is 0 Å². The van der Waals surface area contributed by atoms with Gasteiger partial charge in [0, 0.05) is 37.4 Å². The summed E-state index contributed by atoms with van der Waals surface area (Å²) in [7, 11) is 0. The standard InChI is InChI=1S/C22H24FN5O/c23-20-8-4-5-9-21(20)26-18-10-12-27(13-11-18)22(29)24-14-17-15-25-28(16-17)19-6-2-1-3-7-19/h1-9,15-16,18,26H,10-14H2,(H,24,29). The molecular weight excluding hydrogens is 369 g/mol. The summed E-state index contributed by atoms with van der Waals surface area (Å²) in [6, 6.07) is 16.6. The van der Waals surface area contributed by atoms with E-state index in [9.17, 15) is 9.18 Å². The fraction of sp³-hybridized carbons (Fsp3) is 0.273. The largest absolute Gasteiger partial charge is 0.380 e. The summed E-state index contributed by atoms with van der Waals surface area (Å²) in [4.78, 5) is 14.3. The van der Waals surface area contributed by atoms with Gasteiger partial charge in [0.15, 0.2) is 0 Å². The third-order valence-corrected chi connectivity index (χ3v) is 5.12. The van der Waals surface area contributed by atoms with Gasteiger partial charge in [-0.1, -0.05) is 30.3 Å². The van der Waals surface area contributed by atoms with Gasteiger partial charge in [-0.25, -0.2) is 13.9 Å². The minimum atomic E-state index is -0.247. The van der Waals surface area contributed by atoms with Crippen molar-refractivity contribution < 1.29 is 9.18 Å². The lowest BCUT2D eigenvalue weighted by Crippen LogP contribution is -2.46.